The zero-order valence-corrected chi connectivity index (χ0v) is 12.0. The molecule has 0 spiro atoms. The number of nitrogens with zero attached hydrogens (tertiary/aromatic N) is 1. The van der Waals surface area contributed by atoms with Crippen LogP contribution in [-0.4, -0.2) is 34.9 Å². The summed E-state index contributed by atoms with van der Waals surface area (Å²) in [7, 11) is 0. The highest BCUT2D eigenvalue weighted by Gasteiger charge is 2.10. The van der Waals surface area contributed by atoms with Crippen LogP contribution in [-0.2, 0) is 11.2 Å². The molecule has 0 fully saturated rings. The Bertz CT molecular complexity index is 613. The molecule has 0 bridgehead atoms. The Balaban J connectivity index is 1.71. The first-order valence-electron chi connectivity index (χ1n) is 6.43. The average Bonchev–Trinajstić information content (AvgIpc) is 2.98. The first-order chi connectivity index (χ1) is 10.2. The second-order valence-corrected chi connectivity index (χ2v) is 4.75. The van der Waals surface area contributed by atoms with Crippen LogP contribution >= 0.6 is 11.6 Å². The summed E-state index contributed by atoms with van der Waals surface area (Å²) in [5.74, 6) is -0.626. The van der Waals surface area contributed by atoms with Crippen LogP contribution in [0.15, 0.2) is 36.8 Å². The van der Waals surface area contributed by atoms with Crippen LogP contribution in [0.25, 0.3) is 0 Å². The largest absolute Gasteiger partial charge is 0.354 e. The maximum Gasteiger partial charge on any atom is 0.253 e. The molecule has 0 aliphatic heterocycles. The minimum atomic E-state index is -0.371. The Morgan fingerprint density at radius 2 is 2.05 bits per heavy atom. The van der Waals surface area contributed by atoms with Gasteiger partial charge in [0.15, 0.2) is 0 Å². The molecule has 0 aliphatic rings. The van der Waals surface area contributed by atoms with Crippen molar-refractivity contribution in [2.75, 3.05) is 13.1 Å². The van der Waals surface area contributed by atoms with E-state index in [0.717, 1.165) is 5.69 Å². The van der Waals surface area contributed by atoms with E-state index in [9.17, 15) is 9.59 Å². The van der Waals surface area contributed by atoms with E-state index in [4.69, 9.17) is 11.6 Å². The van der Waals surface area contributed by atoms with Crippen molar-refractivity contribution in [3.8, 4) is 0 Å². The third-order valence-electron chi connectivity index (χ3n) is 2.80. The second kappa shape index (κ2) is 7.44. The summed E-state index contributed by atoms with van der Waals surface area (Å²) < 4.78 is 0. The Hall–Kier alpha value is -2.34. The smallest absolute Gasteiger partial charge is 0.253 e. The number of carbonyl (C=O) groups excluding carboxylic acids is 2. The lowest BCUT2D eigenvalue weighted by Crippen LogP contribution is -2.37. The number of H-pyrrole nitrogens is 1. The number of aromatic nitrogens is 2. The summed E-state index contributed by atoms with van der Waals surface area (Å²) in [6.07, 6.45) is 3.94. The van der Waals surface area contributed by atoms with Crippen LogP contribution in [0.1, 0.15) is 16.1 Å². The zero-order chi connectivity index (χ0) is 15.1. The van der Waals surface area contributed by atoms with Gasteiger partial charge in [-0.3, -0.25) is 9.59 Å². The van der Waals surface area contributed by atoms with Crippen LogP contribution in [0.5, 0.6) is 0 Å². The van der Waals surface area contributed by atoms with E-state index in [1.165, 1.54) is 0 Å². The van der Waals surface area contributed by atoms with E-state index in [-0.39, 0.29) is 18.4 Å². The SMILES string of the molecule is O=C(CNC(=O)c1ccccc1Cl)NCCc1cnc[nH]1. The maximum absolute atomic E-state index is 11.8. The number of carbonyl (C=O) groups is 2. The van der Waals surface area contributed by atoms with Crippen molar-refractivity contribution >= 4 is 23.4 Å². The number of imidazole rings is 1. The normalized spacial score (nSPS) is 10.1. The van der Waals surface area contributed by atoms with Crippen molar-refractivity contribution < 1.29 is 9.59 Å². The van der Waals surface area contributed by atoms with Crippen molar-refractivity contribution in [1.82, 2.24) is 20.6 Å². The van der Waals surface area contributed by atoms with Crippen LogP contribution in [0.4, 0.5) is 0 Å². The molecule has 2 rings (SSSR count). The van der Waals surface area contributed by atoms with Crippen molar-refractivity contribution in [3.63, 3.8) is 0 Å². The number of amides is 2. The van der Waals surface area contributed by atoms with Gasteiger partial charge in [0.1, 0.15) is 0 Å². The Morgan fingerprint density at radius 1 is 1.24 bits per heavy atom. The summed E-state index contributed by atoms with van der Waals surface area (Å²) in [5, 5.41) is 5.59. The van der Waals surface area contributed by atoms with E-state index in [1.807, 2.05) is 0 Å². The minimum absolute atomic E-state index is 0.0902. The molecule has 0 atom stereocenters. The lowest BCUT2D eigenvalue weighted by atomic mass is 10.2. The van der Waals surface area contributed by atoms with Gasteiger partial charge in [-0.15, -0.1) is 0 Å². The molecule has 1 aromatic heterocycles. The molecule has 0 saturated carbocycles. The molecule has 110 valence electrons. The molecule has 0 unspecified atom stereocenters. The predicted octanol–water partition coefficient (Wildman–Crippen LogP) is 1.15. The standard InChI is InChI=1S/C14H15ClN4O2/c15-12-4-2-1-3-11(12)14(21)18-8-13(20)17-6-5-10-7-16-9-19-10/h1-4,7,9H,5-6,8H2,(H,16,19)(H,17,20)(H,18,21). The van der Waals surface area contributed by atoms with Gasteiger partial charge in [0.2, 0.25) is 5.91 Å². The third kappa shape index (κ3) is 4.61. The zero-order valence-electron chi connectivity index (χ0n) is 11.2. The molecular weight excluding hydrogens is 292 g/mol. The number of rotatable bonds is 6. The third-order valence-corrected chi connectivity index (χ3v) is 3.13. The highest BCUT2D eigenvalue weighted by atomic mass is 35.5. The number of hydrogen-bond donors (Lipinski definition) is 3. The Labute approximate surface area is 126 Å². The van der Waals surface area contributed by atoms with Crippen molar-refractivity contribution in [2.45, 2.75) is 6.42 Å². The molecule has 6 nitrogen and oxygen atoms in total. The van der Waals surface area contributed by atoms with Gasteiger partial charge in [-0.2, -0.15) is 0 Å². The van der Waals surface area contributed by atoms with Crippen LogP contribution in [0.2, 0.25) is 5.02 Å². The molecule has 0 radical (unpaired) electrons. The van der Waals surface area contributed by atoms with E-state index in [1.54, 1.807) is 36.8 Å². The summed E-state index contributed by atoms with van der Waals surface area (Å²) in [4.78, 5) is 30.3. The number of hydrogen-bond acceptors (Lipinski definition) is 3. The summed E-state index contributed by atoms with van der Waals surface area (Å²) >= 11 is 5.90. The van der Waals surface area contributed by atoms with Gasteiger partial charge in [0.25, 0.3) is 5.91 Å². The highest BCUT2D eigenvalue weighted by molar-refractivity contribution is 6.33. The number of benzene rings is 1. The molecule has 0 aliphatic carbocycles. The lowest BCUT2D eigenvalue weighted by molar-refractivity contribution is -0.120. The highest BCUT2D eigenvalue weighted by Crippen LogP contribution is 2.14. The quantitative estimate of drug-likeness (QED) is 0.748. The summed E-state index contributed by atoms with van der Waals surface area (Å²) in [6.45, 7) is 0.385. The number of halogens is 1. The van der Waals surface area contributed by atoms with Gasteiger partial charge in [-0.1, -0.05) is 23.7 Å². The second-order valence-electron chi connectivity index (χ2n) is 4.34. The van der Waals surface area contributed by atoms with Crippen LogP contribution < -0.4 is 10.6 Å². The van der Waals surface area contributed by atoms with E-state index in [0.29, 0.717) is 23.6 Å². The molecule has 1 aromatic carbocycles. The van der Waals surface area contributed by atoms with Crippen molar-refractivity contribution in [1.29, 1.82) is 0 Å². The fourth-order valence-electron chi connectivity index (χ4n) is 1.72. The van der Waals surface area contributed by atoms with Gasteiger partial charge in [-0.05, 0) is 12.1 Å². The molecule has 2 aromatic rings. The molecule has 0 saturated heterocycles. The Kier molecular flexibility index (Phi) is 5.34. The topological polar surface area (TPSA) is 86.9 Å². The fourth-order valence-corrected chi connectivity index (χ4v) is 1.94. The van der Waals surface area contributed by atoms with Gasteiger partial charge < -0.3 is 15.6 Å². The van der Waals surface area contributed by atoms with Crippen LogP contribution in [0, 0.1) is 0 Å². The van der Waals surface area contributed by atoms with Crippen molar-refractivity contribution in [2.24, 2.45) is 0 Å². The van der Waals surface area contributed by atoms with Gasteiger partial charge >= 0.3 is 0 Å². The molecule has 2 amide bonds. The lowest BCUT2D eigenvalue weighted by Gasteiger charge is -2.07. The first kappa shape index (κ1) is 15.1. The van der Waals surface area contributed by atoms with E-state index >= 15 is 0 Å². The minimum Gasteiger partial charge on any atom is -0.354 e. The maximum atomic E-state index is 11.8. The van der Waals surface area contributed by atoms with Crippen LogP contribution in [0.3, 0.4) is 0 Å². The van der Waals surface area contributed by atoms with Gasteiger partial charge in [0, 0.05) is 24.9 Å². The fraction of sp³-hybridized carbons (Fsp3) is 0.214. The molecule has 21 heavy (non-hydrogen) atoms. The molecular formula is C14H15ClN4O2. The average molecular weight is 307 g/mol. The summed E-state index contributed by atoms with van der Waals surface area (Å²) in [6, 6.07) is 6.68. The van der Waals surface area contributed by atoms with E-state index in [2.05, 4.69) is 20.6 Å². The van der Waals surface area contributed by atoms with Crippen molar-refractivity contribution in [3.05, 3.63) is 53.1 Å². The predicted molar refractivity (Wildman–Crippen MR) is 79.1 cm³/mol. The monoisotopic (exact) mass is 306 g/mol. The number of nitrogens with one attached hydrogen (secondary N) is 3. The van der Waals surface area contributed by atoms with Gasteiger partial charge in [-0.25, -0.2) is 4.98 Å². The summed E-state index contributed by atoms with van der Waals surface area (Å²) in [5.41, 5.74) is 1.29. The molecule has 3 N–H and O–H groups in total. The molecule has 1 heterocycles. The first-order valence-corrected chi connectivity index (χ1v) is 6.81. The van der Waals surface area contributed by atoms with Gasteiger partial charge in [0.05, 0.1) is 23.5 Å². The molecule has 7 heteroatoms. The Morgan fingerprint density at radius 3 is 2.76 bits per heavy atom. The number of aromatic amines is 1. The van der Waals surface area contributed by atoms with E-state index < -0.39 is 0 Å².